The fourth-order valence-electron chi connectivity index (χ4n) is 0.927. The van der Waals surface area contributed by atoms with Gasteiger partial charge in [-0.1, -0.05) is 0 Å². The van der Waals surface area contributed by atoms with Crippen molar-refractivity contribution in [1.82, 2.24) is 0 Å². The molecule has 0 amide bonds. The molecule has 0 saturated carbocycles. The number of hydrogen-bond acceptors (Lipinski definition) is 3. The molecule has 0 aliphatic carbocycles. The van der Waals surface area contributed by atoms with Crippen molar-refractivity contribution in [3.05, 3.63) is 0 Å². The Morgan fingerprint density at radius 1 is 1.00 bits per heavy atom. The maximum absolute atomic E-state index is 13.0. The molecular weight excluding hydrogens is 315 g/mol. The van der Waals surface area contributed by atoms with Crippen molar-refractivity contribution in [2.24, 2.45) is 0 Å². The Bertz CT molecular complexity index is 350. The lowest BCUT2D eigenvalue weighted by molar-refractivity contribution is -0.332. The van der Waals surface area contributed by atoms with Gasteiger partial charge in [-0.2, -0.15) is 26.3 Å². The summed E-state index contributed by atoms with van der Waals surface area (Å²) in [5, 5.41) is 0. The number of hydrogen-bond donors (Lipinski definition) is 0. The lowest BCUT2D eigenvalue weighted by Gasteiger charge is -2.33. The normalized spacial score (nSPS) is 15.1. The molecule has 0 fully saturated rings. The van der Waals surface area contributed by atoms with Crippen molar-refractivity contribution in [2.75, 3.05) is 20.4 Å². The molecule has 3 nitrogen and oxygen atoms in total. The topological polar surface area (TPSA) is 35.5 Å². The summed E-state index contributed by atoms with van der Waals surface area (Å²) in [7, 11) is -3.72. The van der Waals surface area contributed by atoms with E-state index in [1.54, 1.807) is 0 Å². The van der Waals surface area contributed by atoms with E-state index in [1.807, 2.05) is 0 Å². The van der Waals surface area contributed by atoms with E-state index in [9.17, 15) is 39.7 Å². The molecule has 0 atom stereocenters. The van der Waals surface area contributed by atoms with Gasteiger partial charge in [-0.3, -0.25) is 4.57 Å². The van der Waals surface area contributed by atoms with E-state index in [0.29, 0.717) is 14.2 Å². The molecule has 0 radical (unpaired) electrons. The molecule has 0 aromatic heterocycles. The molecule has 0 N–H and O–H groups in total. The summed E-state index contributed by atoms with van der Waals surface area (Å²) in [6.07, 6.45) is -7.50. The fourth-order valence-corrected chi connectivity index (χ4v) is 2.02. The van der Waals surface area contributed by atoms with Gasteiger partial charge < -0.3 is 9.05 Å². The fraction of sp³-hybridized carbons (Fsp3) is 1.00. The molecule has 0 spiro atoms. The number of rotatable bonds is 7. The molecule has 0 unspecified atom stereocenters. The van der Waals surface area contributed by atoms with E-state index in [0.717, 1.165) is 0 Å². The van der Waals surface area contributed by atoms with Crippen LogP contribution in [0.3, 0.4) is 0 Å². The summed E-state index contributed by atoms with van der Waals surface area (Å²) < 4.78 is 119. The van der Waals surface area contributed by atoms with E-state index in [-0.39, 0.29) is 0 Å². The molecule has 0 heterocycles. The van der Waals surface area contributed by atoms with Gasteiger partial charge in [0.05, 0.1) is 0 Å². The van der Waals surface area contributed by atoms with Gasteiger partial charge in [0.2, 0.25) is 0 Å². The second-order valence-electron chi connectivity index (χ2n) is 3.34. The Kier molecular flexibility index (Phi) is 5.41. The monoisotopic (exact) mass is 324 g/mol. The minimum Gasteiger partial charge on any atom is -0.312 e. The second kappa shape index (κ2) is 5.53. The van der Waals surface area contributed by atoms with Gasteiger partial charge in [0.15, 0.2) is 0 Å². The highest BCUT2D eigenvalue weighted by molar-refractivity contribution is 7.53. The molecule has 116 valence electrons. The summed E-state index contributed by atoms with van der Waals surface area (Å²) in [5.41, 5.74) is 0. The summed E-state index contributed by atoms with van der Waals surface area (Å²) in [5.74, 6) is -18.5. The number of alkyl halides is 8. The van der Waals surface area contributed by atoms with Gasteiger partial charge >= 0.3 is 31.8 Å². The van der Waals surface area contributed by atoms with Gasteiger partial charge in [0.1, 0.15) is 6.16 Å². The molecule has 0 rings (SSSR count). The zero-order valence-corrected chi connectivity index (χ0v) is 10.4. The van der Waals surface area contributed by atoms with Gasteiger partial charge in [0.25, 0.3) is 0 Å². The van der Waals surface area contributed by atoms with Gasteiger partial charge in [-0.15, -0.1) is 0 Å². The van der Waals surface area contributed by atoms with Crippen LogP contribution in [0.4, 0.5) is 35.1 Å². The Balaban J connectivity index is 5.47. The van der Waals surface area contributed by atoms with Crippen molar-refractivity contribution in [3.8, 4) is 0 Å². The van der Waals surface area contributed by atoms with E-state index < -0.39 is 38.0 Å². The first-order valence-corrected chi connectivity index (χ1v) is 6.12. The Hall–Kier alpha value is -0.410. The maximum atomic E-state index is 13.0. The molecular formula is C7H9F8O3P. The Morgan fingerprint density at radius 3 is 1.63 bits per heavy atom. The largest absolute Gasteiger partial charge is 0.378 e. The van der Waals surface area contributed by atoms with Gasteiger partial charge in [-0.05, 0) is 0 Å². The highest BCUT2D eigenvalue weighted by Gasteiger charge is 2.76. The van der Waals surface area contributed by atoms with Crippen molar-refractivity contribution in [1.29, 1.82) is 0 Å². The van der Waals surface area contributed by atoms with Crippen molar-refractivity contribution < 1.29 is 48.7 Å². The predicted octanol–water partition coefficient (Wildman–Crippen LogP) is 3.64. The second-order valence-corrected chi connectivity index (χ2v) is 5.61. The summed E-state index contributed by atoms with van der Waals surface area (Å²) in [6.45, 7) is 0. The van der Waals surface area contributed by atoms with Crippen LogP contribution in [0.15, 0.2) is 0 Å². The van der Waals surface area contributed by atoms with Crippen molar-refractivity contribution in [3.63, 3.8) is 0 Å². The van der Waals surface area contributed by atoms with Crippen LogP contribution in [0.5, 0.6) is 0 Å². The standard InChI is InChI=1S/C7H9F8O3P/c1-17-19(16,18-2)3-5(10,11)7(14,15)6(12,13)4(8)9/h4H,3H2,1-2H3. The smallest absolute Gasteiger partial charge is 0.312 e. The third kappa shape index (κ3) is 3.38. The van der Waals surface area contributed by atoms with Crippen LogP contribution < -0.4 is 0 Å². The third-order valence-corrected chi connectivity index (χ3v) is 4.00. The molecule has 19 heavy (non-hydrogen) atoms. The molecule has 0 bridgehead atoms. The average Bonchev–Trinajstić information content (AvgIpc) is 2.27. The Labute approximate surface area is 102 Å². The first kappa shape index (κ1) is 18.6. The Morgan fingerprint density at radius 2 is 1.37 bits per heavy atom. The molecule has 0 aromatic carbocycles. The molecule has 0 aromatic rings. The lowest BCUT2D eigenvalue weighted by Crippen LogP contribution is -2.58. The molecule has 0 aliphatic heterocycles. The summed E-state index contributed by atoms with van der Waals surface area (Å²) in [6, 6.07) is 0. The zero-order valence-electron chi connectivity index (χ0n) is 9.48. The van der Waals surface area contributed by atoms with E-state index in [2.05, 4.69) is 9.05 Å². The maximum Gasteiger partial charge on any atom is 0.378 e. The van der Waals surface area contributed by atoms with Crippen molar-refractivity contribution in [2.45, 2.75) is 24.2 Å². The van der Waals surface area contributed by atoms with E-state index in [4.69, 9.17) is 0 Å². The van der Waals surface area contributed by atoms with Gasteiger partial charge in [-0.25, -0.2) is 8.78 Å². The SMILES string of the molecule is COP(=O)(CC(F)(F)C(F)(F)C(F)(F)C(F)F)OC. The quantitative estimate of drug-likeness (QED) is 0.530. The van der Waals surface area contributed by atoms with Gasteiger partial charge in [0, 0.05) is 14.2 Å². The van der Waals surface area contributed by atoms with E-state index >= 15 is 0 Å². The molecule has 12 heteroatoms. The van der Waals surface area contributed by atoms with Crippen LogP contribution >= 0.6 is 7.60 Å². The highest BCUT2D eigenvalue weighted by atomic mass is 31.2. The van der Waals surface area contributed by atoms with Crippen molar-refractivity contribution >= 4 is 7.60 Å². The summed E-state index contributed by atoms with van der Waals surface area (Å²) in [4.78, 5) is 0. The zero-order chi connectivity index (χ0) is 15.7. The van der Waals surface area contributed by atoms with Crippen LogP contribution in [0.25, 0.3) is 0 Å². The highest BCUT2D eigenvalue weighted by Crippen LogP contribution is 2.57. The van der Waals surface area contributed by atoms with Crippen LogP contribution in [-0.4, -0.2) is 44.6 Å². The third-order valence-electron chi connectivity index (χ3n) is 2.10. The lowest BCUT2D eigenvalue weighted by atomic mass is 10.1. The first-order chi connectivity index (χ1) is 8.27. The minimum atomic E-state index is -6.43. The van der Waals surface area contributed by atoms with Crippen LogP contribution in [0.2, 0.25) is 0 Å². The predicted molar refractivity (Wildman–Crippen MR) is 47.3 cm³/mol. The number of halogens is 8. The van der Waals surface area contributed by atoms with Crippen LogP contribution in [0.1, 0.15) is 0 Å². The molecule has 0 aliphatic rings. The molecule has 0 saturated heterocycles. The van der Waals surface area contributed by atoms with Crippen LogP contribution in [0, 0.1) is 0 Å². The van der Waals surface area contributed by atoms with E-state index in [1.165, 1.54) is 0 Å². The van der Waals surface area contributed by atoms with Crippen LogP contribution in [-0.2, 0) is 13.6 Å². The summed E-state index contributed by atoms with van der Waals surface area (Å²) >= 11 is 0. The minimum absolute atomic E-state index is 0.545. The average molecular weight is 324 g/mol. The first-order valence-electron chi connectivity index (χ1n) is 4.39.